The molecule has 0 radical (unpaired) electrons. The SMILES string of the molecule is CC.Cc1ccc(-c2cc(NCc3ccc(Cl)cc3Cl)n3nccc3n2)cc1. The fraction of sp³-hybridized carbons (Fsp3) is 0.182. The smallest absolute Gasteiger partial charge is 0.157 e. The summed E-state index contributed by atoms with van der Waals surface area (Å²) in [6, 6.07) is 17.7. The fourth-order valence-corrected chi connectivity index (χ4v) is 3.24. The number of fused-ring (bicyclic) bond motifs is 1. The van der Waals surface area contributed by atoms with Crippen molar-refractivity contribution in [2.75, 3.05) is 5.32 Å². The molecule has 4 rings (SSSR count). The lowest BCUT2D eigenvalue weighted by Crippen LogP contribution is -2.07. The summed E-state index contributed by atoms with van der Waals surface area (Å²) in [6.07, 6.45) is 1.74. The van der Waals surface area contributed by atoms with Gasteiger partial charge < -0.3 is 5.32 Å². The van der Waals surface area contributed by atoms with Gasteiger partial charge in [0.25, 0.3) is 0 Å². The molecule has 0 atom stereocenters. The van der Waals surface area contributed by atoms with Crippen LogP contribution in [0.2, 0.25) is 10.0 Å². The lowest BCUT2D eigenvalue weighted by atomic mass is 10.1. The molecule has 0 amide bonds. The number of nitrogens with zero attached hydrogens (tertiary/aromatic N) is 3. The molecule has 6 heteroatoms. The lowest BCUT2D eigenvalue weighted by molar-refractivity contribution is 0.927. The number of anilines is 1. The maximum Gasteiger partial charge on any atom is 0.157 e. The Kier molecular flexibility index (Phi) is 6.55. The highest BCUT2D eigenvalue weighted by molar-refractivity contribution is 6.35. The van der Waals surface area contributed by atoms with E-state index in [9.17, 15) is 0 Å². The quantitative estimate of drug-likeness (QED) is 0.407. The molecule has 2 aromatic heterocycles. The molecule has 0 aliphatic rings. The first kappa shape index (κ1) is 20.2. The van der Waals surface area contributed by atoms with E-state index in [2.05, 4.69) is 41.6 Å². The molecule has 4 nitrogen and oxygen atoms in total. The van der Waals surface area contributed by atoms with E-state index in [0.717, 1.165) is 28.3 Å². The first-order valence-corrected chi connectivity index (χ1v) is 9.95. The third-order valence-electron chi connectivity index (χ3n) is 4.18. The highest BCUT2D eigenvalue weighted by Crippen LogP contribution is 2.25. The summed E-state index contributed by atoms with van der Waals surface area (Å²) < 4.78 is 1.78. The summed E-state index contributed by atoms with van der Waals surface area (Å²) in [6.45, 7) is 6.63. The maximum absolute atomic E-state index is 6.28. The van der Waals surface area contributed by atoms with Gasteiger partial charge in [-0.05, 0) is 24.6 Å². The molecule has 0 saturated carbocycles. The van der Waals surface area contributed by atoms with Gasteiger partial charge in [0.1, 0.15) is 5.82 Å². The zero-order valence-electron chi connectivity index (χ0n) is 16.1. The molecule has 4 aromatic rings. The van der Waals surface area contributed by atoms with Gasteiger partial charge in [0, 0.05) is 34.3 Å². The zero-order chi connectivity index (χ0) is 20.1. The Labute approximate surface area is 175 Å². The highest BCUT2D eigenvalue weighted by atomic mass is 35.5. The van der Waals surface area contributed by atoms with Crippen LogP contribution in [-0.4, -0.2) is 14.6 Å². The molecule has 0 unspecified atom stereocenters. The molecule has 0 aliphatic carbocycles. The van der Waals surface area contributed by atoms with Crippen LogP contribution in [0.4, 0.5) is 5.82 Å². The summed E-state index contributed by atoms with van der Waals surface area (Å²) in [5.41, 5.74) is 4.92. The molecular weight excluding hydrogens is 391 g/mol. The molecular formula is C22H22Cl2N4. The van der Waals surface area contributed by atoms with Crippen LogP contribution >= 0.6 is 23.2 Å². The predicted octanol–water partition coefficient (Wildman–Crippen LogP) is 6.65. The van der Waals surface area contributed by atoms with E-state index < -0.39 is 0 Å². The molecule has 0 spiro atoms. The van der Waals surface area contributed by atoms with Crippen LogP contribution in [0.25, 0.3) is 16.9 Å². The number of hydrogen-bond acceptors (Lipinski definition) is 3. The number of nitrogens with one attached hydrogen (secondary N) is 1. The third kappa shape index (κ3) is 4.46. The van der Waals surface area contributed by atoms with E-state index in [1.807, 2.05) is 38.1 Å². The van der Waals surface area contributed by atoms with Crippen molar-refractivity contribution in [3.05, 3.63) is 82.0 Å². The fourth-order valence-electron chi connectivity index (χ4n) is 2.76. The maximum atomic E-state index is 6.28. The van der Waals surface area contributed by atoms with Crippen LogP contribution in [0.1, 0.15) is 25.0 Å². The van der Waals surface area contributed by atoms with Crippen LogP contribution in [0, 0.1) is 6.92 Å². The molecule has 2 heterocycles. The highest BCUT2D eigenvalue weighted by Gasteiger charge is 2.09. The van der Waals surface area contributed by atoms with E-state index in [-0.39, 0.29) is 0 Å². The Morgan fingerprint density at radius 3 is 2.43 bits per heavy atom. The van der Waals surface area contributed by atoms with E-state index >= 15 is 0 Å². The van der Waals surface area contributed by atoms with Crippen molar-refractivity contribution >= 4 is 34.7 Å². The number of aryl methyl sites for hydroxylation is 1. The van der Waals surface area contributed by atoms with Gasteiger partial charge in [0.05, 0.1) is 11.9 Å². The third-order valence-corrected chi connectivity index (χ3v) is 4.77. The zero-order valence-corrected chi connectivity index (χ0v) is 17.6. The number of halogens is 2. The summed E-state index contributed by atoms with van der Waals surface area (Å²) in [5, 5.41) is 9.02. The van der Waals surface area contributed by atoms with Crippen molar-refractivity contribution in [3.8, 4) is 11.3 Å². The van der Waals surface area contributed by atoms with Crippen LogP contribution in [0.5, 0.6) is 0 Å². The summed E-state index contributed by atoms with van der Waals surface area (Å²) >= 11 is 12.2. The van der Waals surface area contributed by atoms with Gasteiger partial charge in [0.2, 0.25) is 0 Å². The molecule has 144 valence electrons. The minimum absolute atomic E-state index is 0.558. The summed E-state index contributed by atoms with van der Waals surface area (Å²) in [4.78, 5) is 4.70. The number of hydrogen-bond donors (Lipinski definition) is 1. The van der Waals surface area contributed by atoms with Crippen LogP contribution < -0.4 is 5.32 Å². The Morgan fingerprint density at radius 1 is 0.964 bits per heavy atom. The number of rotatable bonds is 4. The standard InChI is InChI=1S/C20H16Cl2N4.C2H6/c1-13-2-4-14(5-3-13)18-11-20(26-19(25-18)8-9-24-26)23-12-15-6-7-16(21)10-17(15)22;1-2/h2-11,23H,12H2,1H3;1-2H3. The molecule has 0 fully saturated rings. The molecule has 2 aromatic carbocycles. The lowest BCUT2D eigenvalue weighted by Gasteiger charge is -2.12. The monoisotopic (exact) mass is 412 g/mol. The van der Waals surface area contributed by atoms with Crippen LogP contribution in [0.15, 0.2) is 60.8 Å². The average Bonchev–Trinajstić information content (AvgIpc) is 3.18. The van der Waals surface area contributed by atoms with Gasteiger partial charge in [-0.2, -0.15) is 9.61 Å². The molecule has 28 heavy (non-hydrogen) atoms. The molecule has 1 N–H and O–H groups in total. The second kappa shape index (κ2) is 9.09. The van der Waals surface area contributed by atoms with E-state index in [1.165, 1.54) is 5.56 Å². The van der Waals surface area contributed by atoms with Crippen molar-refractivity contribution < 1.29 is 0 Å². The first-order valence-electron chi connectivity index (χ1n) is 9.20. The molecule has 0 aliphatic heterocycles. The molecule has 0 bridgehead atoms. The Morgan fingerprint density at radius 2 is 1.71 bits per heavy atom. The predicted molar refractivity (Wildman–Crippen MR) is 118 cm³/mol. The largest absolute Gasteiger partial charge is 0.366 e. The van der Waals surface area contributed by atoms with Gasteiger partial charge in [-0.15, -0.1) is 0 Å². The minimum atomic E-state index is 0.558. The second-order valence-corrected chi connectivity index (χ2v) is 6.93. The van der Waals surface area contributed by atoms with Gasteiger partial charge in [0.15, 0.2) is 5.65 Å². The number of aromatic nitrogens is 3. The van der Waals surface area contributed by atoms with Crippen molar-refractivity contribution in [1.82, 2.24) is 14.6 Å². The Hall–Kier alpha value is -2.56. The van der Waals surface area contributed by atoms with Gasteiger partial charge in [-0.1, -0.05) is 72.9 Å². The normalized spacial score (nSPS) is 10.5. The minimum Gasteiger partial charge on any atom is -0.366 e. The number of benzene rings is 2. The Bertz CT molecular complexity index is 1070. The van der Waals surface area contributed by atoms with E-state index in [1.54, 1.807) is 16.8 Å². The summed E-state index contributed by atoms with van der Waals surface area (Å²) in [5.74, 6) is 0.849. The van der Waals surface area contributed by atoms with Crippen molar-refractivity contribution in [3.63, 3.8) is 0 Å². The van der Waals surface area contributed by atoms with Gasteiger partial charge in [-0.3, -0.25) is 0 Å². The second-order valence-electron chi connectivity index (χ2n) is 6.08. The van der Waals surface area contributed by atoms with Crippen molar-refractivity contribution in [2.24, 2.45) is 0 Å². The van der Waals surface area contributed by atoms with Crippen LogP contribution in [0.3, 0.4) is 0 Å². The Balaban J connectivity index is 0.00000109. The molecule has 0 saturated heterocycles. The van der Waals surface area contributed by atoms with E-state index in [4.69, 9.17) is 28.2 Å². The van der Waals surface area contributed by atoms with Gasteiger partial charge >= 0.3 is 0 Å². The average molecular weight is 413 g/mol. The summed E-state index contributed by atoms with van der Waals surface area (Å²) in [7, 11) is 0. The topological polar surface area (TPSA) is 42.2 Å². The van der Waals surface area contributed by atoms with Crippen molar-refractivity contribution in [2.45, 2.75) is 27.3 Å². The van der Waals surface area contributed by atoms with Crippen LogP contribution in [-0.2, 0) is 6.54 Å². The van der Waals surface area contributed by atoms with Crippen molar-refractivity contribution in [1.29, 1.82) is 0 Å². The van der Waals surface area contributed by atoms with E-state index in [0.29, 0.717) is 16.6 Å². The first-order chi connectivity index (χ1) is 13.6. The van der Waals surface area contributed by atoms with Gasteiger partial charge in [-0.25, -0.2) is 4.98 Å².